The van der Waals surface area contributed by atoms with Crippen LogP contribution in [-0.2, 0) is 24.8 Å². The minimum absolute atomic E-state index is 0.0187. The number of ether oxygens (including phenoxy) is 1. The summed E-state index contributed by atoms with van der Waals surface area (Å²) in [6.07, 6.45) is 3.66. The van der Waals surface area contributed by atoms with Gasteiger partial charge in [-0.1, -0.05) is 18.0 Å². The Bertz CT molecular complexity index is 1310. The highest BCUT2D eigenvalue weighted by atomic mass is 35.5. The lowest BCUT2D eigenvalue weighted by molar-refractivity contribution is -0.120. The van der Waals surface area contributed by atoms with Crippen LogP contribution in [0, 0.1) is 5.92 Å². The van der Waals surface area contributed by atoms with Gasteiger partial charge in [-0.05, 0) is 68.1 Å². The van der Waals surface area contributed by atoms with Crippen LogP contribution in [0.2, 0.25) is 5.02 Å². The molecule has 0 bridgehead atoms. The maximum Gasteiger partial charge on any atom is 0.243 e. The monoisotopic (exact) mass is 555 g/mol. The molecule has 0 saturated carbocycles. The van der Waals surface area contributed by atoms with Crippen molar-refractivity contribution in [3.05, 3.63) is 47.5 Å². The molecule has 0 spiro atoms. The van der Waals surface area contributed by atoms with Crippen LogP contribution >= 0.6 is 11.6 Å². The van der Waals surface area contributed by atoms with E-state index in [9.17, 15) is 21.6 Å². The Morgan fingerprint density at radius 3 is 2.17 bits per heavy atom. The number of benzene rings is 2. The highest BCUT2D eigenvalue weighted by Crippen LogP contribution is 2.32. The molecule has 2 aromatic carbocycles. The predicted molar refractivity (Wildman–Crippen MR) is 137 cm³/mol. The number of methoxy groups -OCH3 is 1. The van der Waals surface area contributed by atoms with Crippen molar-refractivity contribution in [2.75, 3.05) is 38.6 Å². The first-order valence-electron chi connectivity index (χ1n) is 11.9. The fraction of sp³-hybridized carbons (Fsp3) is 0.458. The molecule has 9 nitrogen and oxygen atoms in total. The van der Waals surface area contributed by atoms with E-state index in [0.717, 1.165) is 19.3 Å². The third kappa shape index (κ3) is 5.70. The van der Waals surface area contributed by atoms with Crippen molar-refractivity contribution in [3.63, 3.8) is 0 Å². The molecule has 0 radical (unpaired) electrons. The normalized spacial score (nSPS) is 20.1. The molecule has 4 rings (SSSR count). The maximum atomic E-state index is 13.2. The second kappa shape index (κ2) is 11.1. The first kappa shape index (κ1) is 26.9. The summed E-state index contributed by atoms with van der Waals surface area (Å²) in [6.45, 7) is 1.26. The lowest BCUT2D eigenvalue weighted by atomic mass is 9.98. The summed E-state index contributed by atoms with van der Waals surface area (Å²) in [6, 6.07) is 10.3. The fourth-order valence-corrected chi connectivity index (χ4v) is 7.76. The zero-order chi connectivity index (χ0) is 25.9. The van der Waals surface area contributed by atoms with E-state index in [4.69, 9.17) is 16.3 Å². The van der Waals surface area contributed by atoms with Crippen LogP contribution in [0.25, 0.3) is 0 Å². The summed E-state index contributed by atoms with van der Waals surface area (Å²) in [5.41, 5.74) is 0.235. The minimum Gasteiger partial charge on any atom is -0.495 e. The van der Waals surface area contributed by atoms with Gasteiger partial charge in [0.2, 0.25) is 26.0 Å². The van der Waals surface area contributed by atoms with E-state index < -0.39 is 31.9 Å². The summed E-state index contributed by atoms with van der Waals surface area (Å²) < 4.78 is 60.6. The van der Waals surface area contributed by atoms with E-state index in [1.54, 1.807) is 0 Å². The average molecular weight is 556 g/mol. The number of carbonyl (C=O) groups is 1. The number of sulfonamides is 2. The predicted octanol–water partition coefficient (Wildman–Crippen LogP) is 3.56. The van der Waals surface area contributed by atoms with Crippen molar-refractivity contribution in [2.45, 2.75) is 41.9 Å². The molecule has 36 heavy (non-hydrogen) atoms. The van der Waals surface area contributed by atoms with Gasteiger partial charge in [0.05, 0.1) is 28.5 Å². The number of piperidine rings is 2. The number of anilines is 1. The third-order valence-corrected chi connectivity index (χ3v) is 10.6. The molecule has 2 aliphatic rings. The van der Waals surface area contributed by atoms with Crippen molar-refractivity contribution in [2.24, 2.45) is 5.92 Å². The first-order valence-corrected chi connectivity index (χ1v) is 15.1. The largest absolute Gasteiger partial charge is 0.495 e. The number of amides is 1. The molecular formula is C24H30ClN3O6S2. The third-order valence-electron chi connectivity index (χ3n) is 6.59. The number of halogens is 1. The molecule has 0 unspecified atom stereocenters. The summed E-state index contributed by atoms with van der Waals surface area (Å²) >= 11 is 5.89. The van der Waals surface area contributed by atoms with Gasteiger partial charge < -0.3 is 10.1 Å². The van der Waals surface area contributed by atoms with Gasteiger partial charge in [-0.15, -0.1) is 0 Å². The number of hydrogen-bond donors (Lipinski definition) is 1. The Labute approximate surface area is 217 Å². The topological polar surface area (TPSA) is 113 Å². The van der Waals surface area contributed by atoms with Gasteiger partial charge in [0.25, 0.3) is 0 Å². The van der Waals surface area contributed by atoms with Gasteiger partial charge in [-0.3, -0.25) is 4.79 Å². The van der Waals surface area contributed by atoms with E-state index in [1.807, 2.05) is 0 Å². The Morgan fingerprint density at radius 1 is 0.889 bits per heavy atom. The molecule has 1 N–H and O–H groups in total. The summed E-state index contributed by atoms with van der Waals surface area (Å²) in [4.78, 5) is 13.4. The number of carbonyl (C=O) groups excluding carboxylic acids is 1. The van der Waals surface area contributed by atoms with Gasteiger partial charge in [0, 0.05) is 31.2 Å². The van der Waals surface area contributed by atoms with Crippen LogP contribution in [0.4, 0.5) is 5.69 Å². The SMILES string of the molecule is COc1ccc(S(=O)(=O)N2CCCCC2)cc1NC(=O)[C@H]1CCCN(S(=O)(=O)c2ccc(Cl)cc2)C1. The Hall–Kier alpha value is -2.18. The van der Waals surface area contributed by atoms with E-state index >= 15 is 0 Å². The number of rotatable bonds is 7. The quantitative estimate of drug-likeness (QED) is 0.559. The Morgan fingerprint density at radius 2 is 1.50 bits per heavy atom. The molecule has 0 aliphatic carbocycles. The summed E-state index contributed by atoms with van der Waals surface area (Å²) in [7, 11) is -6.05. The van der Waals surface area contributed by atoms with E-state index in [0.29, 0.717) is 43.2 Å². The standard InChI is InChI=1S/C24H30ClN3O6S2/c1-34-23-12-11-21(36(32,33)27-13-3-2-4-14-27)16-22(23)26-24(29)18-6-5-15-28(17-18)35(30,31)20-9-7-19(25)8-10-20/h7-12,16,18H,2-6,13-15,17H2,1H3,(H,26,29)/t18-/m0/s1. The second-order valence-corrected chi connectivity index (χ2v) is 13.3. The molecule has 12 heteroatoms. The van der Waals surface area contributed by atoms with E-state index in [-0.39, 0.29) is 22.0 Å². The molecule has 2 saturated heterocycles. The molecule has 1 amide bonds. The van der Waals surface area contributed by atoms with Crippen molar-refractivity contribution < 1.29 is 26.4 Å². The zero-order valence-electron chi connectivity index (χ0n) is 20.0. The smallest absolute Gasteiger partial charge is 0.243 e. The van der Waals surface area contributed by atoms with Crippen molar-refractivity contribution in [1.29, 1.82) is 0 Å². The number of nitrogens with zero attached hydrogens (tertiary/aromatic N) is 2. The van der Waals surface area contributed by atoms with E-state index in [2.05, 4.69) is 5.32 Å². The summed E-state index contributed by atoms with van der Waals surface area (Å²) in [5, 5.41) is 3.21. The van der Waals surface area contributed by atoms with Crippen LogP contribution in [0.5, 0.6) is 5.75 Å². The highest BCUT2D eigenvalue weighted by molar-refractivity contribution is 7.89. The molecule has 2 aromatic rings. The second-order valence-electron chi connectivity index (χ2n) is 8.97. The lowest BCUT2D eigenvalue weighted by Crippen LogP contribution is -2.43. The van der Waals surface area contributed by atoms with Gasteiger partial charge in [-0.25, -0.2) is 16.8 Å². The Kier molecular flexibility index (Phi) is 8.25. The van der Waals surface area contributed by atoms with Gasteiger partial charge in [0.1, 0.15) is 5.75 Å². The molecule has 0 aromatic heterocycles. The van der Waals surface area contributed by atoms with Crippen molar-refractivity contribution >= 4 is 43.2 Å². The van der Waals surface area contributed by atoms with Gasteiger partial charge in [0.15, 0.2) is 0 Å². The molecular weight excluding hydrogens is 526 g/mol. The minimum atomic E-state index is -3.78. The Balaban J connectivity index is 1.52. The molecule has 2 fully saturated rings. The van der Waals surface area contributed by atoms with Crippen molar-refractivity contribution in [1.82, 2.24) is 8.61 Å². The maximum absolute atomic E-state index is 13.2. The van der Waals surface area contributed by atoms with Gasteiger partial charge in [-0.2, -0.15) is 8.61 Å². The lowest BCUT2D eigenvalue weighted by Gasteiger charge is -2.31. The molecule has 2 aliphatic heterocycles. The van der Waals surface area contributed by atoms with E-state index in [1.165, 1.54) is 58.2 Å². The number of hydrogen-bond acceptors (Lipinski definition) is 6. The first-order chi connectivity index (χ1) is 17.1. The van der Waals surface area contributed by atoms with Crippen LogP contribution in [0.3, 0.4) is 0 Å². The molecule has 196 valence electrons. The number of nitrogens with one attached hydrogen (secondary N) is 1. The van der Waals surface area contributed by atoms with Crippen molar-refractivity contribution in [3.8, 4) is 5.75 Å². The molecule has 2 heterocycles. The van der Waals surface area contributed by atoms with Crippen LogP contribution in [-0.4, -0.2) is 64.6 Å². The molecule has 1 atom stereocenters. The van der Waals surface area contributed by atoms with Crippen LogP contribution < -0.4 is 10.1 Å². The highest BCUT2D eigenvalue weighted by Gasteiger charge is 2.34. The average Bonchev–Trinajstić information content (AvgIpc) is 2.89. The fourth-order valence-electron chi connectivity index (χ4n) is 4.56. The zero-order valence-corrected chi connectivity index (χ0v) is 22.4. The van der Waals surface area contributed by atoms with Crippen LogP contribution in [0.15, 0.2) is 52.3 Å². The van der Waals surface area contributed by atoms with Crippen LogP contribution in [0.1, 0.15) is 32.1 Å². The summed E-state index contributed by atoms with van der Waals surface area (Å²) in [5.74, 6) is -0.674. The van der Waals surface area contributed by atoms with Gasteiger partial charge >= 0.3 is 0 Å².